The highest BCUT2D eigenvalue weighted by molar-refractivity contribution is 6.42. The summed E-state index contributed by atoms with van der Waals surface area (Å²) in [5.74, 6) is -0.666. The Hall–Kier alpha value is -2.50. The number of carbonyl (C=O) groups excluding carboxylic acids is 1. The molecule has 0 spiro atoms. The second-order valence-electron chi connectivity index (χ2n) is 4.75. The summed E-state index contributed by atoms with van der Waals surface area (Å²) in [6.45, 7) is 0. The lowest BCUT2D eigenvalue weighted by molar-refractivity contribution is 0.102. The first kappa shape index (κ1) is 15.4. The Bertz CT molecular complexity index is 981. The zero-order chi connectivity index (χ0) is 16.6. The fourth-order valence-electron chi connectivity index (χ4n) is 2.03. The predicted octanol–water partition coefficient (Wildman–Crippen LogP) is 4.06. The summed E-state index contributed by atoms with van der Waals surface area (Å²) in [6.07, 6.45) is 0. The lowest BCUT2D eigenvalue weighted by Gasteiger charge is -2.06. The van der Waals surface area contributed by atoms with Gasteiger partial charge < -0.3 is 14.8 Å². The van der Waals surface area contributed by atoms with Crippen molar-refractivity contribution in [1.82, 2.24) is 0 Å². The number of phenolic OH excluding ortho intramolecular Hbond substituents is 1. The normalized spacial score (nSPS) is 10.7. The molecule has 3 rings (SSSR count). The van der Waals surface area contributed by atoms with Gasteiger partial charge in [-0.2, -0.15) is 0 Å². The van der Waals surface area contributed by atoms with Crippen LogP contribution < -0.4 is 10.9 Å². The summed E-state index contributed by atoms with van der Waals surface area (Å²) >= 11 is 11.7. The molecular formula is C16H9Cl2NO4. The van der Waals surface area contributed by atoms with E-state index in [0.29, 0.717) is 16.1 Å². The number of phenols is 1. The van der Waals surface area contributed by atoms with Crippen LogP contribution >= 0.6 is 23.2 Å². The Morgan fingerprint density at radius 3 is 2.57 bits per heavy atom. The maximum atomic E-state index is 12.2. The zero-order valence-electron chi connectivity index (χ0n) is 11.5. The number of aromatic hydroxyl groups is 1. The number of hydrogen-bond donors (Lipinski definition) is 2. The first-order chi connectivity index (χ1) is 10.9. The quantitative estimate of drug-likeness (QED) is 0.683. The van der Waals surface area contributed by atoms with E-state index in [1.165, 1.54) is 30.3 Å². The van der Waals surface area contributed by atoms with Gasteiger partial charge in [-0.3, -0.25) is 4.79 Å². The summed E-state index contributed by atoms with van der Waals surface area (Å²) in [4.78, 5) is 24.2. The smallest absolute Gasteiger partial charge is 0.349 e. The van der Waals surface area contributed by atoms with Gasteiger partial charge in [0.2, 0.25) is 0 Å². The number of rotatable bonds is 2. The predicted molar refractivity (Wildman–Crippen MR) is 88.6 cm³/mol. The molecule has 2 aromatic carbocycles. The molecular weight excluding hydrogens is 341 g/mol. The average Bonchev–Trinajstić information content (AvgIpc) is 2.50. The molecule has 0 unspecified atom stereocenters. The van der Waals surface area contributed by atoms with Crippen molar-refractivity contribution >= 4 is 45.8 Å². The Balaban J connectivity index is 1.97. The summed E-state index contributed by atoms with van der Waals surface area (Å²) in [7, 11) is 0. The van der Waals surface area contributed by atoms with E-state index in [1.54, 1.807) is 12.1 Å². The highest BCUT2D eigenvalue weighted by Gasteiger charge is 2.14. The third-order valence-corrected chi connectivity index (χ3v) is 3.88. The van der Waals surface area contributed by atoms with Crippen LogP contribution in [-0.4, -0.2) is 11.0 Å². The van der Waals surface area contributed by atoms with Gasteiger partial charge in [-0.15, -0.1) is 0 Å². The first-order valence-electron chi connectivity index (χ1n) is 6.47. The Labute approximate surface area is 140 Å². The van der Waals surface area contributed by atoms with E-state index in [4.69, 9.17) is 27.6 Å². The van der Waals surface area contributed by atoms with Crippen molar-refractivity contribution in [1.29, 1.82) is 0 Å². The molecule has 1 heterocycles. The summed E-state index contributed by atoms with van der Waals surface area (Å²) < 4.78 is 5.05. The molecule has 0 aliphatic carbocycles. The minimum Gasteiger partial charge on any atom is -0.508 e. The van der Waals surface area contributed by atoms with Crippen LogP contribution in [0, 0.1) is 0 Å². The molecule has 0 radical (unpaired) electrons. The van der Waals surface area contributed by atoms with E-state index in [9.17, 15) is 14.7 Å². The molecule has 7 heteroatoms. The minimum absolute atomic E-state index is 0.0337. The highest BCUT2D eigenvalue weighted by Crippen LogP contribution is 2.25. The third kappa shape index (κ3) is 3.16. The molecule has 0 saturated carbocycles. The van der Waals surface area contributed by atoms with Gasteiger partial charge >= 0.3 is 5.63 Å². The molecule has 2 N–H and O–H groups in total. The molecule has 116 valence electrons. The maximum Gasteiger partial charge on any atom is 0.349 e. The largest absolute Gasteiger partial charge is 0.508 e. The van der Waals surface area contributed by atoms with E-state index in [0.717, 1.165) is 0 Å². The van der Waals surface area contributed by atoms with E-state index < -0.39 is 11.5 Å². The van der Waals surface area contributed by atoms with Crippen LogP contribution in [-0.2, 0) is 0 Å². The molecule has 0 saturated heterocycles. The first-order valence-corrected chi connectivity index (χ1v) is 7.23. The third-order valence-electron chi connectivity index (χ3n) is 3.14. The standard InChI is InChI=1S/C16H9Cl2NO4/c17-12-4-2-9(6-13(12)18)19-15(21)11-5-8-1-3-10(20)7-14(8)23-16(11)22/h1-7,20H,(H,19,21). The number of fused-ring (bicyclic) bond motifs is 1. The molecule has 0 atom stereocenters. The van der Waals surface area contributed by atoms with Gasteiger partial charge in [-0.25, -0.2) is 4.79 Å². The topological polar surface area (TPSA) is 79.5 Å². The van der Waals surface area contributed by atoms with Crippen LogP contribution in [0.2, 0.25) is 10.0 Å². The molecule has 23 heavy (non-hydrogen) atoms. The second kappa shape index (κ2) is 5.95. The van der Waals surface area contributed by atoms with Crippen molar-refractivity contribution in [2.24, 2.45) is 0 Å². The number of hydrogen-bond acceptors (Lipinski definition) is 4. The summed E-state index contributed by atoms with van der Waals surface area (Å²) in [6, 6.07) is 10.2. The number of anilines is 1. The van der Waals surface area contributed by atoms with E-state index in [2.05, 4.69) is 5.32 Å². The van der Waals surface area contributed by atoms with E-state index >= 15 is 0 Å². The van der Waals surface area contributed by atoms with Gasteiger partial charge in [0.1, 0.15) is 16.9 Å². The molecule has 1 aromatic heterocycles. The highest BCUT2D eigenvalue weighted by atomic mass is 35.5. The maximum absolute atomic E-state index is 12.2. The van der Waals surface area contributed by atoms with Crippen LogP contribution in [0.5, 0.6) is 5.75 Å². The number of amides is 1. The number of nitrogens with one attached hydrogen (secondary N) is 1. The monoisotopic (exact) mass is 349 g/mol. The second-order valence-corrected chi connectivity index (χ2v) is 5.57. The Morgan fingerprint density at radius 2 is 1.83 bits per heavy atom. The van der Waals surface area contributed by atoms with Crippen LogP contribution in [0.15, 0.2) is 51.7 Å². The summed E-state index contributed by atoms with van der Waals surface area (Å²) in [5, 5.41) is 13.1. The lowest BCUT2D eigenvalue weighted by Crippen LogP contribution is -2.20. The molecule has 0 aliphatic rings. The van der Waals surface area contributed by atoms with Crippen LogP contribution in [0.4, 0.5) is 5.69 Å². The van der Waals surface area contributed by atoms with Gasteiger partial charge in [-0.05, 0) is 36.4 Å². The minimum atomic E-state index is -0.805. The molecule has 5 nitrogen and oxygen atoms in total. The van der Waals surface area contributed by atoms with Gasteiger partial charge in [0.05, 0.1) is 10.0 Å². The zero-order valence-corrected chi connectivity index (χ0v) is 13.0. The SMILES string of the molecule is O=C(Nc1ccc(Cl)c(Cl)c1)c1cc2ccc(O)cc2oc1=O. The fourth-order valence-corrected chi connectivity index (χ4v) is 2.33. The van der Waals surface area contributed by atoms with E-state index in [1.807, 2.05) is 0 Å². The van der Waals surface area contributed by atoms with Crippen molar-refractivity contribution in [3.63, 3.8) is 0 Å². The number of halogens is 2. The number of benzene rings is 2. The van der Waals surface area contributed by atoms with Crippen molar-refractivity contribution in [3.8, 4) is 5.75 Å². The molecule has 3 aromatic rings. The van der Waals surface area contributed by atoms with Crippen LogP contribution in [0.3, 0.4) is 0 Å². The van der Waals surface area contributed by atoms with Crippen molar-refractivity contribution in [2.45, 2.75) is 0 Å². The Kier molecular flexibility index (Phi) is 3.98. The van der Waals surface area contributed by atoms with Crippen molar-refractivity contribution < 1.29 is 14.3 Å². The summed E-state index contributed by atoms with van der Waals surface area (Å²) in [5.41, 5.74) is -0.370. The van der Waals surface area contributed by atoms with Gasteiger partial charge in [0, 0.05) is 17.1 Å². The van der Waals surface area contributed by atoms with Gasteiger partial charge in [0.15, 0.2) is 0 Å². The Morgan fingerprint density at radius 1 is 1.04 bits per heavy atom. The van der Waals surface area contributed by atoms with Crippen molar-refractivity contribution in [3.05, 3.63) is 68.5 Å². The van der Waals surface area contributed by atoms with Crippen LogP contribution in [0.1, 0.15) is 10.4 Å². The van der Waals surface area contributed by atoms with E-state index in [-0.39, 0.29) is 21.9 Å². The molecule has 0 bridgehead atoms. The lowest BCUT2D eigenvalue weighted by atomic mass is 10.1. The van der Waals surface area contributed by atoms with Gasteiger partial charge in [0.25, 0.3) is 5.91 Å². The molecule has 0 aliphatic heterocycles. The fraction of sp³-hybridized carbons (Fsp3) is 0. The molecule has 0 fully saturated rings. The number of carbonyl (C=O) groups is 1. The average molecular weight is 350 g/mol. The van der Waals surface area contributed by atoms with Gasteiger partial charge in [-0.1, -0.05) is 23.2 Å². The van der Waals surface area contributed by atoms with Crippen molar-refractivity contribution in [2.75, 3.05) is 5.32 Å². The van der Waals surface area contributed by atoms with Crippen LogP contribution in [0.25, 0.3) is 11.0 Å². The molecule has 1 amide bonds.